The highest BCUT2D eigenvalue weighted by Crippen LogP contribution is 2.21. The number of anilines is 1. The highest BCUT2D eigenvalue weighted by molar-refractivity contribution is 9.10. The van der Waals surface area contributed by atoms with Gasteiger partial charge >= 0.3 is 0 Å². The molecule has 0 aliphatic carbocycles. The summed E-state index contributed by atoms with van der Waals surface area (Å²) >= 11 is 3.32. The van der Waals surface area contributed by atoms with Crippen LogP contribution in [0.15, 0.2) is 57.9 Å². The van der Waals surface area contributed by atoms with Gasteiger partial charge in [-0.2, -0.15) is 4.31 Å². The lowest BCUT2D eigenvalue weighted by molar-refractivity contribution is -0.122. The highest BCUT2D eigenvalue weighted by atomic mass is 79.9. The summed E-state index contributed by atoms with van der Waals surface area (Å²) in [5, 5.41) is 2.94. The van der Waals surface area contributed by atoms with Crippen molar-refractivity contribution in [3.05, 3.63) is 58.6 Å². The minimum atomic E-state index is -3.52. The number of hydrogen-bond donors (Lipinski definition) is 1. The van der Waals surface area contributed by atoms with E-state index in [-0.39, 0.29) is 17.3 Å². The molecular weight excluding hydrogens is 468 g/mol. The zero-order valence-electron chi connectivity index (χ0n) is 17.2. The lowest BCUT2D eigenvalue weighted by atomic mass is 10.2. The molecular formula is C21H27BrN4O3S. The Bertz CT molecular complexity index is 972. The van der Waals surface area contributed by atoms with E-state index < -0.39 is 10.0 Å². The Balaban J connectivity index is 1.46. The molecule has 1 aliphatic rings. The van der Waals surface area contributed by atoms with Gasteiger partial charge in [0.15, 0.2) is 0 Å². The molecule has 2 aromatic rings. The first-order valence-electron chi connectivity index (χ1n) is 9.77. The van der Waals surface area contributed by atoms with Gasteiger partial charge in [-0.3, -0.25) is 9.69 Å². The number of amides is 1. The van der Waals surface area contributed by atoms with Crippen molar-refractivity contribution in [2.24, 2.45) is 0 Å². The summed E-state index contributed by atoms with van der Waals surface area (Å²) in [6.45, 7) is 2.53. The number of nitrogens with zero attached hydrogens (tertiary/aromatic N) is 3. The fourth-order valence-corrected chi connectivity index (χ4v) is 5.30. The summed E-state index contributed by atoms with van der Waals surface area (Å²) < 4.78 is 27.8. The van der Waals surface area contributed by atoms with Crippen molar-refractivity contribution in [2.75, 3.05) is 51.7 Å². The van der Waals surface area contributed by atoms with Gasteiger partial charge in [-0.1, -0.05) is 34.1 Å². The molecule has 1 fully saturated rings. The molecule has 2 aromatic carbocycles. The first kappa shape index (κ1) is 22.7. The summed E-state index contributed by atoms with van der Waals surface area (Å²) in [6, 6.07) is 14.8. The van der Waals surface area contributed by atoms with E-state index in [1.807, 2.05) is 48.2 Å². The first-order valence-corrected chi connectivity index (χ1v) is 12.0. The fourth-order valence-electron chi connectivity index (χ4n) is 3.28. The average molecular weight is 495 g/mol. The average Bonchev–Trinajstić information content (AvgIpc) is 2.73. The molecule has 3 rings (SSSR count). The second-order valence-electron chi connectivity index (χ2n) is 7.48. The van der Waals surface area contributed by atoms with E-state index in [4.69, 9.17) is 0 Å². The maximum Gasteiger partial charge on any atom is 0.243 e. The number of carbonyl (C=O) groups excluding carboxylic acids is 1. The minimum Gasteiger partial charge on any atom is -0.378 e. The molecule has 0 bridgehead atoms. The van der Waals surface area contributed by atoms with Crippen LogP contribution in [-0.2, 0) is 21.4 Å². The third-order valence-corrected chi connectivity index (χ3v) is 7.46. The van der Waals surface area contributed by atoms with E-state index in [1.54, 1.807) is 24.3 Å². The van der Waals surface area contributed by atoms with E-state index in [9.17, 15) is 13.2 Å². The molecule has 30 heavy (non-hydrogen) atoms. The third kappa shape index (κ3) is 5.81. The number of piperazine rings is 1. The second-order valence-corrected chi connectivity index (χ2v) is 10.3. The van der Waals surface area contributed by atoms with Crippen molar-refractivity contribution in [2.45, 2.75) is 11.4 Å². The normalized spacial score (nSPS) is 15.7. The predicted octanol–water partition coefficient (Wildman–Crippen LogP) is 2.14. The number of benzene rings is 2. The van der Waals surface area contributed by atoms with Gasteiger partial charge in [0.1, 0.15) is 0 Å². The number of nitrogens with one attached hydrogen (secondary N) is 1. The topological polar surface area (TPSA) is 73.0 Å². The lowest BCUT2D eigenvalue weighted by Crippen LogP contribution is -2.50. The Morgan fingerprint density at radius 1 is 1.07 bits per heavy atom. The van der Waals surface area contributed by atoms with Crippen LogP contribution >= 0.6 is 15.9 Å². The highest BCUT2D eigenvalue weighted by Gasteiger charge is 2.29. The molecule has 0 radical (unpaired) electrons. The smallest absolute Gasteiger partial charge is 0.243 e. The van der Waals surface area contributed by atoms with Crippen molar-refractivity contribution < 1.29 is 13.2 Å². The van der Waals surface area contributed by atoms with Gasteiger partial charge in [0.05, 0.1) is 11.4 Å². The molecule has 1 saturated heterocycles. The Labute approximate surface area is 186 Å². The molecule has 9 heteroatoms. The summed E-state index contributed by atoms with van der Waals surface area (Å²) in [7, 11) is 0.454. The summed E-state index contributed by atoms with van der Waals surface area (Å²) in [4.78, 5) is 16.6. The number of halogens is 1. The van der Waals surface area contributed by atoms with E-state index in [0.717, 1.165) is 15.7 Å². The lowest BCUT2D eigenvalue weighted by Gasteiger charge is -2.33. The largest absolute Gasteiger partial charge is 0.378 e. The minimum absolute atomic E-state index is 0.0602. The van der Waals surface area contributed by atoms with Crippen LogP contribution in [0.5, 0.6) is 0 Å². The number of sulfonamides is 1. The molecule has 0 saturated carbocycles. The van der Waals surface area contributed by atoms with Crippen LogP contribution in [0.25, 0.3) is 0 Å². The van der Waals surface area contributed by atoms with Crippen molar-refractivity contribution >= 4 is 37.5 Å². The Morgan fingerprint density at radius 3 is 2.33 bits per heavy atom. The second kappa shape index (κ2) is 9.91. The van der Waals surface area contributed by atoms with Crippen LogP contribution in [0.3, 0.4) is 0 Å². The monoisotopic (exact) mass is 494 g/mol. The SMILES string of the molecule is CN(C)c1ccc(CNC(=O)CN2CCN(S(=O)(=O)c3cccc(Br)c3)CC2)cc1. The Morgan fingerprint density at radius 2 is 1.73 bits per heavy atom. The predicted molar refractivity (Wildman–Crippen MR) is 122 cm³/mol. The summed E-state index contributed by atoms with van der Waals surface area (Å²) in [5.74, 6) is -0.0602. The third-order valence-electron chi connectivity index (χ3n) is 5.07. The maximum atomic E-state index is 12.8. The van der Waals surface area contributed by atoms with Crippen LogP contribution in [-0.4, -0.2) is 70.3 Å². The first-order chi connectivity index (χ1) is 14.3. The van der Waals surface area contributed by atoms with Gasteiger partial charge in [-0.15, -0.1) is 0 Å². The molecule has 0 spiro atoms. The van der Waals surface area contributed by atoms with Crippen molar-refractivity contribution in [1.29, 1.82) is 0 Å². The van der Waals surface area contributed by atoms with E-state index >= 15 is 0 Å². The van der Waals surface area contributed by atoms with Gasteiger partial charge < -0.3 is 10.2 Å². The van der Waals surface area contributed by atoms with Gasteiger partial charge in [-0.05, 0) is 35.9 Å². The van der Waals surface area contributed by atoms with E-state index in [0.29, 0.717) is 32.7 Å². The van der Waals surface area contributed by atoms with Crippen LogP contribution in [0.2, 0.25) is 0 Å². The van der Waals surface area contributed by atoms with Crippen LogP contribution in [0.4, 0.5) is 5.69 Å². The summed E-state index contributed by atoms with van der Waals surface area (Å²) in [5.41, 5.74) is 2.15. The molecule has 0 aromatic heterocycles. The summed E-state index contributed by atoms with van der Waals surface area (Å²) in [6.07, 6.45) is 0. The van der Waals surface area contributed by atoms with Crippen LogP contribution < -0.4 is 10.2 Å². The Hall–Kier alpha value is -1.94. The quantitative estimate of drug-likeness (QED) is 0.638. The zero-order chi connectivity index (χ0) is 21.7. The standard InChI is InChI=1S/C21H27BrN4O3S/c1-24(2)19-8-6-17(7-9-19)15-23-21(27)16-25-10-12-26(13-11-25)30(28,29)20-5-3-4-18(22)14-20/h3-9,14H,10-13,15-16H2,1-2H3,(H,23,27). The molecule has 7 nitrogen and oxygen atoms in total. The number of rotatable bonds is 7. The van der Waals surface area contributed by atoms with Gasteiger partial charge in [0.25, 0.3) is 0 Å². The van der Waals surface area contributed by atoms with Gasteiger partial charge in [0.2, 0.25) is 15.9 Å². The molecule has 0 atom stereocenters. The van der Waals surface area contributed by atoms with Crippen LogP contribution in [0, 0.1) is 0 Å². The Kier molecular flexibility index (Phi) is 7.51. The van der Waals surface area contributed by atoms with E-state index in [1.165, 1.54) is 4.31 Å². The number of hydrogen-bond acceptors (Lipinski definition) is 5. The van der Waals surface area contributed by atoms with Crippen molar-refractivity contribution in [1.82, 2.24) is 14.5 Å². The van der Waals surface area contributed by atoms with E-state index in [2.05, 4.69) is 21.2 Å². The van der Waals surface area contributed by atoms with Crippen LogP contribution in [0.1, 0.15) is 5.56 Å². The van der Waals surface area contributed by atoms with Gasteiger partial charge in [-0.25, -0.2) is 8.42 Å². The molecule has 162 valence electrons. The van der Waals surface area contributed by atoms with Gasteiger partial charge in [0, 0.05) is 57.0 Å². The molecule has 1 aliphatic heterocycles. The van der Waals surface area contributed by atoms with Crippen molar-refractivity contribution in [3.63, 3.8) is 0 Å². The zero-order valence-corrected chi connectivity index (χ0v) is 19.6. The molecule has 0 unspecified atom stereocenters. The molecule has 1 N–H and O–H groups in total. The fraction of sp³-hybridized carbons (Fsp3) is 0.381. The molecule has 1 amide bonds. The maximum absolute atomic E-state index is 12.8. The molecule has 1 heterocycles. The van der Waals surface area contributed by atoms with Crippen molar-refractivity contribution in [3.8, 4) is 0 Å². The number of carbonyl (C=O) groups is 1.